The molecule has 2 fully saturated rings. The van der Waals surface area contributed by atoms with Crippen LogP contribution in [0.4, 0.5) is 0 Å². The Balaban J connectivity index is 1.34. The molecule has 1 heterocycles. The lowest BCUT2D eigenvalue weighted by molar-refractivity contribution is -0.188. The SMILES string of the molecule is COc1ccc(C2CC(C)(C)O2)c(C2CCC(COc3cccc([C@H](O)CP(C)(=O)O)c3)CC2)c1. The van der Waals surface area contributed by atoms with Crippen molar-refractivity contribution in [2.75, 3.05) is 26.5 Å². The molecule has 4 rings (SSSR count). The van der Waals surface area contributed by atoms with E-state index in [2.05, 4.69) is 26.0 Å². The highest BCUT2D eigenvalue weighted by Crippen LogP contribution is 2.48. The Bertz CT molecular complexity index is 1050. The number of aliphatic hydroxyl groups is 1. The number of methoxy groups -OCH3 is 1. The molecule has 2 unspecified atom stereocenters. The number of rotatable bonds is 9. The molecule has 6 nitrogen and oxygen atoms in total. The first-order valence-corrected chi connectivity index (χ1v) is 14.9. The van der Waals surface area contributed by atoms with Crippen molar-refractivity contribution >= 4 is 7.37 Å². The maximum Gasteiger partial charge on any atom is 0.200 e. The fourth-order valence-corrected chi connectivity index (χ4v) is 6.27. The van der Waals surface area contributed by atoms with Crippen LogP contribution in [0.25, 0.3) is 0 Å². The fourth-order valence-electron chi connectivity index (χ4n) is 5.41. The average Bonchev–Trinajstić information content (AvgIpc) is 2.80. The fraction of sp³-hybridized carbons (Fsp3) is 0.571. The molecule has 1 aliphatic heterocycles. The molecule has 35 heavy (non-hydrogen) atoms. The maximum absolute atomic E-state index is 11.6. The van der Waals surface area contributed by atoms with Crippen LogP contribution < -0.4 is 9.47 Å². The Morgan fingerprint density at radius 1 is 1.09 bits per heavy atom. The van der Waals surface area contributed by atoms with E-state index in [4.69, 9.17) is 14.2 Å². The second-order valence-electron chi connectivity index (χ2n) is 10.9. The highest BCUT2D eigenvalue weighted by Gasteiger charge is 2.40. The van der Waals surface area contributed by atoms with Gasteiger partial charge >= 0.3 is 0 Å². The molecule has 0 bridgehead atoms. The molecular formula is C28H39O6P. The molecule has 1 saturated carbocycles. The topological polar surface area (TPSA) is 85.2 Å². The lowest BCUT2D eigenvalue weighted by Crippen LogP contribution is -2.40. The zero-order valence-corrected chi connectivity index (χ0v) is 22.2. The lowest BCUT2D eigenvalue weighted by atomic mass is 9.75. The van der Waals surface area contributed by atoms with E-state index in [1.165, 1.54) is 17.8 Å². The van der Waals surface area contributed by atoms with Gasteiger partial charge in [-0.1, -0.05) is 18.2 Å². The van der Waals surface area contributed by atoms with Crippen molar-refractivity contribution in [2.45, 2.75) is 69.7 Å². The van der Waals surface area contributed by atoms with Gasteiger partial charge in [0.1, 0.15) is 11.5 Å². The standard InChI is InChI=1S/C28H39O6P/c1-28(2)16-27(34-28)24-13-12-22(32-3)15-25(24)20-10-8-19(9-11-20)17-33-23-7-5-6-21(14-23)26(29)18-35(4,30)31/h5-7,12-15,19-20,26-27,29H,8-11,16-18H2,1-4H3,(H,30,31)/t19?,20?,26-,27?/m1/s1. The predicted octanol–water partition coefficient (Wildman–Crippen LogP) is 6.22. The Morgan fingerprint density at radius 2 is 1.80 bits per heavy atom. The van der Waals surface area contributed by atoms with E-state index in [1.807, 2.05) is 18.2 Å². The Kier molecular flexibility index (Phi) is 7.97. The minimum absolute atomic E-state index is 0.0431. The van der Waals surface area contributed by atoms with Crippen LogP contribution in [0, 0.1) is 5.92 Å². The number of hydrogen-bond acceptors (Lipinski definition) is 5. The van der Waals surface area contributed by atoms with Crippen LogP contribution in [0.1, 0.15) is 80.8 Å². The summed E-state index contributed by atoms with van der Waals surface area (Å²) < 4.78 is 29.4. The molecule has 0 aromatic heterocycles. The van der Waals surface area contributed by atoms with Gasteiger partial charge < -0.3 is 24.2 Å². The monoisotopic (exact) mass is 502 g/mol. The van der Waals surface area contributed by atoms with Crippen molar-refractivity contribution in [3.05, 3.63) is 59.2 Å². The molecule has 1 saturated heterocycles. The van der Waals surface area contributed by atoms with Crippen LogP contribution >= 0.6 is 7.37 Å². The Hall–Kier alpha value is -1.85. The average molecular weight is 503 g/mol. The van der Waals surface area contributed by atoms with Gasteiger partial charge in [0.15, 0.2) is 0 Å². The van der Waals surface area contributed by atoms with Gasteiger partial charge in [0, 0.05) is 13.1 Å². The van der Waals surface area contributed by atoms with Crippen molar-refractivity contribution in [3.8, 4) is 11.5 Å². The van der Waals surface area contributed by atoms with Gasteiger partial charge in [-0.3, -0.25) is 4.57 Å². The van der Waals surface area contributed by atoms with Crippen molar-refractivity contribution in [1.82, 2.24) is 0 Å². The molecule has 192 valence electrons. The zero-order valence-electron chi connectivity index (χ0n) is 21.3. The first kappa shape index (κ1) is 26.2. The smallest absolute Gasteiger partial charge is 0.200 e. The largest absolute Gasteiger partial charge is 0.497 e. The minimum atomic E-state index is -3.30. The highest BCUT2D eigenvalue weighted by molar-refractivity contribution is 7.57. The van der Waals surface area contributed by atoms with Crippen LogP contribution in [0.15, 0.2) is 42.5 Å². The number of benzene rings is 2. The van der Waals surface area contributed by atoms with Crippen LogP contribution in [0.2, 0.25) is 0 Å². The van der Waals surface area contributed by atoms with Gasteiger partial charge in [0.2, 0.25) is 7.37 Å². The molecule has 2 aromatic carbocycles. The summed E-state index contributed by atoms with van der Waals surface area (Å²) in [5.41, 5.74) is 3.23. The minimum Gasteiger partial charge on any atom is -0.497 e. The van der Waals surface area contributed by atoms with Crippen LogP contribution in [-0.4, -0.2) is 42.1 Å². The second-order valence-corrected chi connectivity index (χ2v) is 13.4. The maximum atomic E-state index is 11.6. The third-order valence-electron chi connectivity index (χ3n) is 7.31. The number of aliphatic hydroxyl groups excluding tert-OH is 1. The number of hydrogen-bond donors (Lipinski definition) is 2. The summed E-state index contributed by atoms with van der Waals surface area (Å²) in [5.74, 6) is 2.55. The molecule has 3 atom stereocenters. The lowest BCUT2D eigenvalue weighted by Gasteiger charge is -2.44. The van der Waals surface area contributed by atoms with Crippen LogP contribution in [-0.2, 0) is 9.30 Å². The Labute approximate surface area is 209 Å². The third kappa shape index (κ3) is 6.89. The summed E-state index contributed by atoms with van der Waals surface area (Å²) >= 11 is 0. The molecule has 0 spiro atoms. The second kappa shape index (κ2) is 10.6. The predicted molar refractivity (Wildman–Crippen MR) is 138 cm³/mol. The Morgan fingerprint density at radius 3 is 2.43 bits per heavy atom. The van der Waals surface area contributed by atoms with Gasteiger partial charge in [-0.2, -0.15) is 0 Å². The van der Waals surface area contributed by atoms with E-state index in [0.717, 1.165) is 37.9 Å². The third-order valence-corrected chi connectivity index (χ3v) is 8.33. The van der Waals surface area contributed by atoms with E-state index in [9.17, 15) is 14.6 Å². The molecule has 7 heteroatoms. The first-order chi connectivity index (χ1) is 16.5. The van der Waals surface area contributed by atoms with E-state index >= 15 is 0 Å². The van der Waals surface area contributed by atoms with E-state index < -0.39 is 13.5 Å². The molecule has 0 radical (unpaired) electrons. The van der Waals surface area contributed by atoms with Gasteiger partial charge in [-0.05, 0) is 92.3 Å². The molecule has 1 aliphatic carbocycles. The summed E-state index contributed by atoms with van der Waals surface area (Å²) in [7, 11) is -1.58. The summed E-state index contributed by atoms with van der Waals surface area (Å²) in [6.07, 6.45) is 4.46. The van der Waals surface area contributed by atoms with Crippen LogP contribution in [0.5, 0.6) is 11.5 Å². The molecule has 0 amide bonds. The van der Waals surface area contributed by atoms with Crippen LogP contribution in [0.3, 0.4) is 0 Å². The number of ether oxygens (including phenoxy) is 3. The molecule has 2 N–H and O–H groups in total. The summed E-state index contributed by atoms with van der Waals surface area (Å²) in [6, 6.07) is 13.6. The van der Waals surface area contributed by atoms with Gasteiger partial charge in [0.05, 0.1) is 37.7 Å². The van der Waals surface area contributed by atoms with Crippen molar-refractivity contribution in [1.29, 1.82) is 0 Å². The van der Waals surface area contributed by atoms with Gasteiger partial charge in [-0.25, -0.2) is 0 Å². The van der Waals surface area contributed by atoms with E-state index in [1.54, 1.807) is 19.2 Å². The zero-order chi connectivity index (χ0) is 25.2. The van der Waals surface area contributed by atoms with Crippen molar-refractivity contribution in [2.24, 2.45) is 5.92 Å². The highest BCUT2D eigenvalue weighted by atomic mass is 31.2. The first-order valence-electron chi connectivity index (χ1n) is 12.6. The summed E-state index contributed by atoms with van der Waals surface area (Å²) in [5, 5.41) is 10.3. The van der Waals surface area contributed by atoms with E-state index in [0.29, 0.717) is 29.8 Å². The summed E-state index contributed by atoms with van der Waals surface area (Å²) in [6.45, 7) is 6.18. The van der Waals surface area contributed by atoms with Crippen molar-refractivity contribution < 1.29 is 28.8 Å². The molecular weight excluding hydrogens is 463 g/mol. The normalized spacial score (nSPS) is 26.3. The molecule has 2 aliphatic rings. The van der Waals surface area contributed by atoms with Gasteiger partial charge in [0.25, 0.3) is 0 Å². The quantitative estimate of drug-likeness (QED) is 0.396. The van der Waals surface area contributed by atoms with E-state index in [-0.39, 0.29) is 17.9 Å². The van der Waals surface area contributed by atoms with Crippen molar-refractivity contribution in [3.63, 3.8) is 0 Å². The van der Waals surface area contributed by atoms with Gasteiger partial charge in [-0.15, -0.1) is 0 Å². The molecule has 2 aromatic rings. The summed E-state index contributed by atoms with van der Waals surface area (Å²) in [4.78, 5) is 9.56.